The van der Waals surface area contributed by atoms with E-state index in [1.165, 1.54) is 30.3 Å². The van der Waals surface area contributed by atoms with Crippen LogP contribution < -0.4 is 15.6 Å². The molecule has 0 aliphatic heterocycles. The number of nitrogens with one attached hydrogen (secondary N) is 2. The molecule has 29 heavy (non-hydrogen) atoms. The molecule has 0 spiro atoms. The van der Waals surface area contributed by atoms with Crippen molar-refractivity contribution in [3.8, 4) is 5.75 Å². The summed E-state index contributed by atoms with van der Waals surface area (Å²) < 4.78 is 56.8. The number of H-pyrrole nitrogens is 1. The van der Waals surface area contributed by atoms with E-state index < -0.39 is 28.9 Å². The van der Waals surface area contributed by atoms with Gasteiger partial charge in [0.1, 0.15) is 23.9 Å². The van der Waals surface area contributed by atoms with E-state index in [0.717, 1.165) is 0 Å². The average Bonchev–Trinajstić information content (AvgIpc) is 2.68. The Balaban J connectivity index is 1.73. The molecule has 3 aromatic rings. The van der Waals surface area contributed by atoms with Crippen LogP contribution in [0.5, 0.6) is 5.75 Å². The fourth-order valence-corrected chi connectivity index (χ4v) is 2.41. The van der Waals surface area contributed by atoms with Gasteiger partial charge in [-0.3, -0.25) is 9.59 Å². The maximum absolute atomic E-state index is 12.9. The molecule has 0 bridgehead atoms. The maximum Gasteiger partial charge on any atom is 0.417 e. The Morgan fingerprint density at radius 3 is 2.48 bits per heavy atom. The van der Waals surface area contributed by atoms with Crippen LogP contribution >= 0.6 is 0 Å². The Morgan fingerprint density at radius 1 is 1.07 bits per heavy atom. The molecule has 0 atom stereocenters. The Kier molecular flexibility index (Phi) is 5.67. The number of amides is 1. The van der Waals surface area contributed by atoms with Gasteiger partial charge in [-0.05, 0) is 42.0 Å². The lowest BCUT2D eigenvalue weighted by Gasteiger charge is -2.10. The molecule has 0 unspecified atom stereocenters. The van der Waals surface area contributed by atoms with Crippen molar-refractivity contribution in [2.45, 2.75) is 12.8 Å². The van der Waals surface area contributed by atoms with Gasteiger partial charge in [-0.2, -0.15) is 13.2 Å². The van der Waals surface area contributed by atoms with Crippen molar-refractivity contribution in [1.82, 2.24) is 4.98 Å². The van der Waals surface area contributed by atoms with Crippen LogP contribution in [0.4, 0.5) is 23.2 Å². The Bertz CT molecular complexity index is 1080. The number of aromatic amines is 1. The van der Waals surface area contributed by atoms with Gasteiger partial charge in [-0.1, -0.05) is 18.2 Å². The topological polar surface area (TPSA) is 71.2 Å². The van der Waals surface area contributed by atoms with Crippen molar-refractivity contribution in [2.75, 3.05) is 5.32 Å². The highest BCUT2D eigenvalue weighted by atomic mass is 19.4. The van der Waals surface area contributed by atoms with Gasteiger partial charge in [0.15, 0.2) is 0 Å². The highest BCUT2D eigenvalue weighted by Crippen LogP contribution is 2.29. The maximum atomic E-state index is 12.9. The van der Waals surface area contributed by atoms with E-state index in [2.05, 4.69) is 5.32 Å². The van der Waals surface area contributed by atoms with E-state index in [-0.39, 0.29) is 18.0 Å². The molecule has 9 heteroatoms. The minimum Gasteiger partial charge on any atom is -0.489 e. The number of hydrogen-bond donors (Lipinski definition) is 2. The van der Waals surface area contributed by atoms with Crippen molar-refractivity contribution >= 4 is 11.6 Å². The number of pyridine rings is 1. The van der Waals surface area contributed by atoms with Gasteiger partial charge >= 0.3 is 6.18 Å². The van der Waals surface area contributed by atoms with E-state index in [9.17, 15) is 27.2 Å². The Morgan fingerprint density at radius 2 is 1.79 bits per heavy atom. The second-order valence-electron chi connectivity index (χ2n) is 6.03. The van der Waals surface area contributed by atoms with Crippen molar-refractivity contribution in [3.05, 3.63) is 93.7 Å². The van der Waals surface area contributed by atoms with E-state index in [0.29, 0.717) is 23.6 Å². The Labute approximate surface area is 162 Å². The van der Waals surface area contributed by atoms with Crippen molar-refractivity contribution in [3.63, 3.8) is 0 Å². The molecule has 0 radical (unpaired) electrons. The molecule has 2 aromatic carbocycles. The average molecular weight is 406 g/mol. The van der Waals surface area contributed by atoms with Crippen LogP contribution in [0.25, 0.3) is 0 Å². The fraction of sp³-hybridized carbons (Fsp3) is 0.100. The van der Waals surface area contributed by atoms with Gasteiger partial charge in [0, 0.05) is 11.8 Å². The SMILES string of the molecule is O=C(Nc1cc(C(F)(F)F)c[nH]c1=O)c1cccc(OCc2ccc(F)cc2)c1. The van der Waals surface area contributed by atoms with E-state index in [4.69, 9.17) is 4.74 Å². The molecule has 3 rings (SSSR count). The summed E-state index contributed by atoms with van der Waals surface area (Å²) in [5.41, 5.74) is -1.70. The molecular weight excluding hydrogens is 392 g/mol. The first-order chi connectivity index (χ1) is 13.7. The van der Waals surface area contributed by atoms with E-state index in [1.54, 1.807) is 18.2 Å². The molecule has 1 aromatic heterocycles. The molecule has 150 valence electrons. The molecule has 0 fully saturated rings. The van der Waals surface area contributed by atoms with Gasteiger partial charge in [-0.25, -0.2) is 4.39 Å². The first kappa shape index (κ1) is 20.1. The number of rotatable bonds is 5. The number of anilines is 1. The molecule has 0 aliphatic rings. The van der Waals surface area contributed by atoms with Crippen molar-refractivity contribution in [1.29, 1.82) is 0 Å². The zero-order valence-corrected chi connectivity index (χ0v) is 14.7. The van der Waals surface area contributed by atoms with Gasteiger partial charge in [0.25, 0.3) is 11.5 Å². The summed E-state index contributed by atoms with van der Waals surface area (Å²) in [6, 6.07) is 12.1. The zero-order chi connectivity index (χ0) is 21.0. The summed E-state index contributed by atoms with van der Waals surface area (Å²) in [6.45, 7) is 0.124. The molecule has 0 saturated heterocycles. The predicted octanol–water partition coefficient (Wildman–Crippen LogP) is 4.36. The normalized spacial score (nSPS) is 11.2. The van der Waals surface area contributed by atoms with Crippen molar-refractivity contribution in [2.24, 2.45) is 0 Å². The second kappa shape index (κ2) is 8.17. The number of hydrogen-bond acceptors (Lipinski definition) is 3. The van der Waals surface area contributed by atoms with Crippen LogP contribution in [0.1, 0.15) is 21.5 Å². The monoisotopic (exact) mass is 406 g/mol. The van der Waals surface area contributed by atoms with Crippen LogP contribution in [0.3, 0.4) is 0 Å². The number of aromatic nitrogens is 1. The summed E-state index contributed by atoms with van der Waals surface area (Å²) in [7, 11) is 0. The number of benzene rings is 2. The van der Waals surface area contributed by atoms with Gasteiger partial charge in [0.2, 0.25) is 0 Å². The number of carbonyl (C=O) groups is 1. The molecule has 1 amide bonds. The number of halogens is 4. The third-order valence-electron chi connectivity index (χ3n) is 3.89. The summed E-state index contributed by atoms with van der Waals surface area (Å²) >= 11 is 0. The van der Waals surface area contributed by atoms with Gasteiger partial charge in [-0.15, -0.1) is 0 Å². The molecule has 5 nitrogen and oxygen atoms in total. The minimum absolute atomic E-state index is 0.0819. The van der Waals surface area contributed by atoms with E-state index in [1.807, 2.05) is 4.98 Å². The number of ether oxygens (including phenoxy) is 1. The lowest BCUT2D eigenvalue weighted by molar-refractivity contribution is -0.137. The van der Waals surface area contributed by atoms with Crippen LogP contribution in [0.2, 0.25) is 0 Å². The molecule has 0 saturated carbocycles. The number of carbonyl (C=O) groups excluding carboxylic acids is 1. The van der Waals surface area contributed by atoms with Crippen molar-refractivity contribution < 1.29 is 27.1 Å². The first-order valence-electron chi connectivity index (χ1n) is 8.31. The van der Waals surface area contributed by atoms with E-state index >= 15 is 0 Å². The van der Waals surface area contributed by atoms with Crippen LogP contribution in [-0.2, 0) is 12.8 Å². The number of alkyl halides is 3. The summed E-state index contributed by atoms with van der Waals surface area (Å²) in [5.74, 6) is -0.834. The Hall–Kier alpha value is -3.62. The van der Waals surface area contributed by atoms with Crippen LogP contribution in [0.15, 0.2) is 65.6 Å². The highest BCUT2D eigenvalue weighted by molar-refractivity contribution is 6.04. The summed E-state index contributed by atoms with van der Waals surface area (Å²) in [5, 5.41) is 2.17. The lowest BCUT2D eigenvalue weighted by atomic mass is 10.2. The summed E-state index contributed by atoms with van der Waals surface area (Å²) in [4.78, 5) is 26.0. The quantitative estimate of drug-likeness (QED) is 0.619. The third-order valence-corrected chi connectivity index (χ3v) is 3.89. The molecule has 2 N–H and O–H groups in total. The summed E-state index contributed by atoms with van der Waals surface area (Å²) in [6.07, 6.45) is -4.14. The molecule has 1 heterocycles. The van der Waals surface area contributed by atoms with Crippen LogP contribution in [0, 0.1) is 5.82 Å². The molecular formula is C20H14F4N2O3. The predicted molar refractivity (Wildman–Crippen MR) is 97.2 cm³/mol. The second-order valence-corrected chi connectivity index (χ2v) is 6.03. The standard InChI is InChI=1S/C20H14F4N2O3/c21-15-6-4-12(5-7-15)11-29-16-3-1-2-13(8-16)18(27)26-17-9-14(20(22,23)24)10-25-19(17)28/h1-10H,11H2,(H,25,28)(H,26,27). The zero-order valence-electron chi connectivity index (χ0n) is 14.7. The fourth-order valence-electron chi connectivity index (χ4n) is 2.41. The minimum atomic E-state index is -4.67. The molecule has 0 aliphatic carbocycles. The van der Waals surface area contributed by atoms with Crippen LogP contribution in [-0.4, -0.2) is 10.9 Å². The third kappa shape index (κ3) is 5.22. The van der Waals surface area contributed by atoms with Gasteiger partial charge < -0.3 is 15.0 Å². The van der Waals surface area contributed by atoms with Gasteiger partial charge in [0.05, 0.1) is 5.56 Å². The lowest BCUT2D eigenvalue weighted by Crippen LogP contribution is -2.21. The highest BCUT2D eigenvalue weighted by Gasteiger charge is 2.31. The smallest absolute Gasteiger partial charge is 0.417 e. The largest absolute Gasteiger partial charge is 0.489 e. The first-order valence-corrected chi connectivity index (χ1v) is 8.31.